The van der Waals surface area contributed by atoms with Gasteiger partial charge < -0.3 is 24.8 Å². The third-order valence-corrected chi connectivity index (χ3v) is 12.8. The minimum Gasteiger partial charge on any atom is -1.00 e. The van der Waals surface area contributed by atoms with E-state index in [2.05, 4.69) is 121 Å². The predicted octanol–water partition coefficient (Wildman–Crippen LogP) is 1.46. The minimum absolute atomic E-state index is 0. The molecule has 165 valence electrons. The van der Waals surface area contributed by atoms with Crippen molar-refractivity contribution >= 4 is 8.83 Å². The van der Waals surface area contributed by atoms with Gasteiger partial charge in [-0.3, -0.25) is 0 Å². The van der Waals surface area contributed by atoms with Crippen LogP contribution in [0.5, 0.6) is 0 Å². The minimum atomic E-state index is -1.36. The summed E-state index contributed by atoms with van der Waals surface area (Å²) in [6.07, 6.45) is 7.84. The molecule has 0 bridgehead atoms. The fourth-order valence-electron chi connectivity index (χ4n) is 5.02. The molecule has 0 N–H and O–H groups in total. The van der Waals surface area contributed by atoms with Gasteiger partial charge in [0.1, 0.15) is 0 Å². The first kappa shape index (κ1) is 24.8. The average molecular weight is 645 g/mol. The zero-order chi connectivity index (χ0) is 21.3. The summed E-state index contributed by atoms with van der Waals surface area (Å²) in [6, 6.07) is 38.2. The van der Waals surface area contributed by atoms with E-state index in [-0.39, 0.29) is 24.8 Å². The summed E-state index contributed by atoms with van der Waals surface area (Å²) in [6.45, 7) is 0. The number of hydrogen-bond acceptors (Lipinski definition) is 0. The van der Waals surface area contributed by atoms with Crippen molar-refractivity contribution in [2.24, 2.45) is 0 Å². The summed E-state index contributed by atoms with van der Waals surface area (Å²) in [5.41, 5.74) is 11.7. The van der Waals surface area contributed by atoms with Crippen LogP contribution in [0.15, 0.2) is 121 Å². The molecule has 0 radical (unpaired) electrons. The first-order valence-electron chi connectivity index (χ1n) is 11.2. The Labute approximate surface area is 225 Å². The molecular formula is C31H23Cl2Hf. The summed E-state index contributed by atoms with van der Waals surface area (Å²) >= 11 is -1.36. The van der Waals surface area contributed by atoms with E-state index in [9.17, 15) is 0 Å². The third-order valence-electron chi connectivity index (χ3n) is 6.49. The summed E-state index contributed by atoms with van der Waals surface area (Å²) in [4.78, 5) is 0. The van der Waals surface area contributed by atoms with Gasteiger partial charge in [-0.1, -0.05) is 0 Å². The predicted molar refractivity (Wildman–Crippen MR) is 132 cm³/mol. The second-order valence-electron chi connectivity index (χ2n) is 8.36. The van der Waals surface area contributed by atoms with E-state index >= 15 is 0 Å². The Morgan fingerprint density at radius 3 is 1.85 bits per heavy atom. The molecule has 1 unspecified atom stereocenters. The van der Waals surface area contributed by atoms with Crippen molar-refractivity contribution in [3.63, 3.8) is 0 Å². The fraction of sp³-hybridized carbons (Fsp3) is 0.0645. The Morgan fingerprint density at radius 1 is 0.618 bits per heavy atom. The standard InChI is InChI=1S/C18H13.C13H10.2ClH.Hf/c1-2-7-13(6-1)15-10-5-11-17-16-9-4-3-8-14(16)12-18(15)17;1-3-7-12(8-4-1)11-13-9-5-2-6-10-13;;;/h1-6,8-12H,7H2;1-10H;2*1H;/q;;;;+2/p-2. The number of allylic oxidation sites excluding steroid dienone is 4. The second-order valence-corrected chi connectivity index (χ2v) is 13.3. The van der Waals surface area contributed by atoms with Gasteiger partial charge in [-0.25, -0.2) is 0 Å². The molecule has 0 nitrogen and oxygen atoms in total. The van der Waals surface area contributed by atoms with Crippen molar-refractivity contribution in [2.45, 2.75) is 10.1 Å². The number of fused-ring (bicyclic) bond motifs is 3. The molecule has 3 heteroatoms. The van der Waals surface area contributed by atoms with E-state index in [0.29, 0.717) is 3.67 Å². The molecule has 0 saturated carbocycles. The molecule has 4 aromatic carbocycles. The van der Waals surface area contributed by atoms with Crippen molar-refractivity contribution in [3.8, 4) is 11.1 Å². The molecule has 2 aliphatic rings. The van der Waals surface area contributed by atoms with Gasteiger partial charge >= 0.3 is 202 Å². The number of rotatable bonds is 4. The van der Waals surface area contributed by atoms with Crippen LogP contribution in [0, 0.1) is 0 Å². The van der Waals surface area contributed by atoms with Gasteiger partial charge in [-0.15, -0.1) is 0 Å². The second kappa shape index (κ2) is 11.0. The van der Waals surface area contributed by atoms with Crippen LogP contribution in [0.4, 0.5) is 0 Å². The third kappa shape index (κ3) is 4.50. The molecule has 34 heavy (non-hydrogen) atoms. The molecule has 0 fully saturated rings. The van der Waals surface area contributed by atoms with Crippen molar-refractivity contribution in [1.29, 1.82) is 0 Å². The van der Waals surface area contributed by atoms with E-state index in [0.717, 1.165) is 6.42 Å². The zero-order valence-corrected chi connectivity index (χ0v) is 23.7. The van der Waals surface area contributed by atoms with Crippen molar-refractivity contribution in [1.82, 2.24) is 0 Å². The summed E-state index contributed by atoms with van der Waals surface area (Å²) < 4.78 is 2.14. The summed E-state index contributed by atoms with van der Waals surface area (Å²) in [5, 5.41) is 0. The van der Waals surface area contributed by atoms with Crippen molar-refractivity contribution in [2.75, 3.05) is 0 Å². The maximum absolute atomic E-state index is 2.38. The monoisotopic (exact) mass is 645 g/mol. The molecule has 1 atom stereocenters. The SMILES string of the molecule is C1=CCC(c2cccc3c2[CH]([Hf+2]=[C](c2ccccc2)c2ccccc2)c2ccccc2-3)=C1.[Cl-].[Cl-]. The topological polar surface area (TPSA) is 0 Å². The first-order valence-corrected chi connectivity index (χ1v) is 15.1. The number of hydrogen-bond donors (Lipinski definition) is 0. The van der Waals surface area contributed by atoms with Gasteiger partial charge in [0.25, 0.3) is 0 Å². The maximum atomic E-state index is 2.38. The molecule has 2 aliphatic carbocycles. The molecule has 6 rings (SSSR count). The Hall–Kier alpha value is -2.32. The maximum Gasteiger partial charge on any atom is -1.00 e. The van der Waals surface area contributed by atoms with Crippen LogP contribution in [0.3, 0.4) is 0 Å². The van der Waals surface area contributed by atoms with E-state index in [1.165, 1.54) is 39.0 Å². The van der Waals surface area contributed by atoms with E-state index < -0.39 is 22.4 Å². The van der Waals surface area contributed by atoms with Crippen LogP contribution in [0.2, 0.25) is 0 Å². The van der Waals surface area contributed by atoms with Crippen LogP contribution in [0.25, 0.3) is 16.7 Å². The van der Waals surface area contributed by atoms with Gasteiger partial charge in [-0.2, -0.15) is 0 Å². The van der Waals surface area contributed by atoms with E-state index in [1.807, 2.05) is 0 Å². The normalized spacial score (nSPS) is 14.7. The summed E-state index contributed by atoms with van der Waals surface area (Å²) in [5.74, 6) is 0. The Kier molecular flexibility index (Phi) is 7.99. The van der Waals surface area contributed by atoms with Gasteiger partial charge in [0.05, 0.1) is 0 Å². The molecule has 0 spiro atoms. The summed E-state index contributed by atoms with van der Waals surface area (Å²) in [7, 11) is 0. The molecular weight excluding hydrogens is 622 g/mol. The van der Waals surface area contributed by atoms with Gasteiger partial charge in [-0.05, 0) is 0 Å². The fourth-order valence-corrected chi connectivity index (χ4v) is 11.6. The Morgan fingerprint density at radius 2 is 1.21 bits per heavy atom. The largest absolute Gasteiger partial charge is 1.00 e. The van der Waals surface area contributed by atoms with Crippen molar-refractivity contribution < 1.29 is 47.2 Å². The van der Waals surface area contributed by atoms with Gasteiger partial charge in [0, 0.05) is 0 Å². The van der Waals surface area contributed by atoms with Crippen LogP contribution in [-0.4, -0.2) is 3.26 Å². The van der Waals surface area contributed by atoms with E-state index in [4.69, 9.17) is 0 Å². The zero-order valence-electron chi connectivity index (χ0n) is 18.6. The molecule has 0 aromatic heterocycles. The molecule has 0 amide bonds. The smallest absolute Gasteiger partial charge is 1.00 e. The number of benzene rings is 4. The molecule has 0 heterocycles. The average Bonchev–Trinajstić information content (AvgIpc) is 3.51. The van der Waals surface area contributed by atoms with Crippen LogP contribution in [-0.2, 0) is 22.4 Å². The molecule has 0 saturated heterocycles. The van der Waals surface area contributed by atoms with Crippen LogP contribution in [0.1, 0.15) is 37.9 Å². The molecule has 0 aliphatic heterocycles. The van der Waals surface area contributed by atoms with Crippen LogP contribution < -0.4 is 24.8 Å². The van der Waals surface area contributed by atoms with Gasteiger partial charge in [0.15, 0.2) is 0 Å². The molecule has 4 aromatic rings. The van der Waals surface area contributed by atoms with Crippen molar-refractivity contribution in [3.05, 3.63) is 149 Å². The Balaban J connectivity index is 0.00000137. The first-order chi connectivity index (χ1) is 15.9. The number of halogens is 2. The van der Waals surface area contributed by atoms with Gasteiger partial charge in [0.2, 0.25) is 0 Å². The van der Waals surface area contributed by atoms with Crippen LogP contribution >= 0.6 is 0 Å². The quantitative estimate of drug-likeness (QED) is 0.296. The Bertz CT molecular complexity index is 1340. The van der Waals surface area contributed by atoms with E-state index in [1.54, 1.807) is 8.82 Å².